The number of amides is 1. The minimum Gasteiger partial charge on any atom is -0.400 e. The number of hydrogen-bond acceptors (Lipinski definition) is 8. The molecule has 1 fully saturated rings. The van der Waals surface area contributed by atoms with E-state index in [9.17, 15) is 9.59 Å². The van der Waals surface area contributed by atoms with Gasteiger partial charge in [-0.3, -0.25) is 9.59 Å². The number of ether oxygens (including phenoxy) is 1. The van der Waals surface area contributed by atoms with Crippen molar-refractivity contribution in [1.29, 1.82) is 0 Å². The van der Waals surface area contributed by atoms with Crippen LogP contribution in [0, 0.1) is 0 Å². The van der Waals surface area contributed by atoms with Crippen molar-refractivity contribution < 1.29 is 19.4 Å². The van der Waals surface area contributed by atoms with Crippen LogP contribution < -0.4 is 10.6 Å². The summed E-state index contributed by atoms with van der Waals surface area (Å²) in [5.74, 6) is -0.336. The SMILES string of the molecule is CCc1nc2c(cnn2CC)c(NC2CCOCC2)c1CNC(=O)c1cccc(C=O)n1.CO. The van der Waals surface area contributed by atoms with E-state index >= 15 is 0 Å². The summed E-state index contributed by atoms with van der Waals surface area (Å²) in [6, 6.07) is 5.09. The number of aromatic nitrogens is 4. The van der Waals surface area contributed by atoms with Crippen molar-refractivity contribution >= 4 is 28.9 Å². The highest BCUT2D eigenvalue weighted by Crippen LogP contribution is 2.31. The number of carbonyl (C=O) groups is 2. The lowest BCUT2D eigenvalue weighted by atomic mass is 10.0. The van der Waals surface area contributed by atoms with E-state index in [2.05, 4.69) is 27.6 Å². The van der Waals surface area contributed by atoms with Gasteiger partial charge in [-0.2, -0.15) is 5.10 Å². The third-order valence-corrected chi connectivity index (χ3v) is 5.73. The molecule has 1 aliphatic heterocycles. The lowest BCUT2D eigenvalue weighted by molar-refractivity contribution is 0.0904. The minimum absolute atomic E-state index is 0.208. The molecule has 1 amide bonds. The van der Waals surface area contributed by atoms with Crippen molar-refractivity contribution in [2.45, 2.75) is 52.2 Å². The first-order chi connectivity index (χ1) is 16.6. The predicted octanol–water partition coefficient (Wildman–Crippen LogP) is 2.35. The molecule has 4 heterocycles. The number of anilines is 1. The van der Waals surface area contributed by atoms with Gasteiger partial charge in [-0.25, -0.2) is 14.6 Å². The van der Waals surface area contributed by atoms with E-state index < -0.39 is 0 Å². The zero-order chi connectivity index (χ0) is 24.5. The Morgan fingerprint density at radius 1 is 1.24 bits per heavy atom. The van der Waals surface area contributed by atoms with Gasteiger partial charge in [0.05, 0.1) is 17.3 Å². The number of aryl methyl sites for hydroxylation is 2. The number of hydrogen-bond donors (Lipinski definition) is 3. The topological polar surface area (TPSA) is 131 Å². The van der Waals surface area contributed by atoms with Crippen LogP contribution in [-0.2, 0) is 24.2 Å². The second kappa shape index (κ2) is 12.2. The molecule has 0 aliphatic carbocycles. The number of rotatable bonds is 8. The van der Waals surface area contributed by atoms with Crippen molar-refractivity contribution in [3.8, 4) is 0 Å². The van der Waals surface area contributed by atoms with Crippen LogP contribution >= 0.6 is 0 Å². The van der Waals surface area contributed by atoms with E-state index in [-0.39, 0.29) is 23.3 Å². The van der Waals surface area contributed by atoms with Crippen molar-refractivity contribution in [2.75, 3.05) is 25.6 Å². The summed E-state index contributed by atoms with van der Waals surface area (Å²) in [6.45, 7) is 6.57. The van der Waals surface area contributed by atoms with Crippen molar-refractivity contribution in [3.05, 3.63) is 47.0 Å². The zero-order valence-corrected chi connectivity index (χ0v) is 19.9. The predicted molar refractivity (Wildman–Crippen MR) is 129 cm³/mol. The normalized spacial score (nSPS) is 13.8. The van der Waals surface area contributed by atoms with Gasteiger partial charge in [-0.05, 0) is 38.3 Å². The average Bonchev–Trinajstić information content (AvgIpc) is 3.32. The number of nitrogens with zero attached hydrogens (tertiary/aromatic N) is 4. The molecule has 1 aliphatic rings. The van der Waals surface area contributed by atoms with Crippen LogP contribution in [0.3, 0.4) is 0 Å². The van der Waals surface area contributed by atoms with Crippen LogP contribution in [-0.4, -0.2) is 63.4 Å². The number of aliphatic hydroxyl groups excluding tert-OH is 1. The van der Waals surface area contributed by atoms with Gasteiger partial charge in [-0.1, -0.05) is 13.0 Å². The Hall–Kier alpha value is -3.37. The molecular weight excluding hydrogens is 436 g/mol. The van der Waals surface area contributed by atoms with E-state index in [1.54, 1.807) is 18.2 Å². The summed E-state index contributed by atoms with van der Waals surface area (Å²) in [5, 5.41) is 19.1. The largest absolute Gasteiger partial charge is 0.400 e. The smallest absolute Gasteiger partial charge is 0.270 e. The summed E-state index contributed by atoms with van der Waals surface area (Å²) >= 11 is 0. The first-order valence-electron chi connectivity index (χ1n) is 11.5. The third-order valence-electron chi connectivity index (χ3n) is 5.73. The molecule has 0 saturated carbocycles. The highest BCUT2D eigenvalue weighted by molar-refractivity contribution is 5.94. The van der Waals surface area contributed by atoms with E-state index in [4.69, 9.17) is 14.8 Å². The third kappa shape index (κ3) is 5.57. The molecule has 0 bridgehead atoms. The van der Waals surface area contributed by atoms with E-state index in [1.807, 2.05) is 17.8 Å². The first kappa shape index (κ1) is 25.3. The maximum absolute atomic E-state index is 12.7. The van der Waals surface area contributed by atoms with Crippen molar-refractivity contribution in [3.63, 3.8) is 0 Å². The fraction of sp³-hybridized carbons (Fsp3) is 0.458. The lowest BCUT2D eigenvalue weighted by Crippen LogP contribution is -2.30. The summed E-state index contributed by atoms with van der Waals surface area (Å²) in [5.41, 5.74) is 4.10. The maximum Gasteiger partial charge on any atom is 0.270 e. The molecule has 3 aromatic rings. The summed E-state index contributed by atoms with van der Waals surface area (Å²) in [4.78, 5) is 32.7. The number of carbonyl (C=O) groups excluding carboxylic acids is 2. The molecule has 10 nitrogen and oxygen atoms in total. The Morgan fingerprint density at radius 2 is 2.00 bits per heavy atom. The molecule has 182 valence electrons. The Morgan fingerprint density at radius 3 is 2.68 bits per heavy atom. The van der Waals surface area contributed by atoms with Gasteiger partial charge in [0.25, 0.3) is 5.91 Å². The fourth-order valence-corrected chi connectivity index (χ4v) is 4.00. The summed E-state index contributed by atoms with van der Waals surface area (Å²) < 4.78 is 7.40. The maximum atomic E-state index is 12.7. The van der Waals surface area contributed by atoms with Crippen LogP contribution in [0.1, 0.15) is 58.9 Å². The molecule has 4 rings (SSSR count). The Kier molecular flexibility index (Phi) is 9.06. The molecule has 0 unspecified atom stereocenters. The molecule has 3 N–H and O–H groups in total. The zero-order valence-electron chi connectivity index (χ0n) is 19.9. The van der Waals surface area contributed by atoms with E-state index in [0.717, 1.165) is 74.1 Å². The minimum atomic E-state index is -0.336. The monoisotopic (exact) mass is 468 g/mol. The van der Waals surface area contributed by atoms with Crippen LogP contribution in [0.4, 0.5) is 5.69 Å². The van der Waals surface area contributed by atoms with Gasteiger partial charge >= 0.3 is 0 Å². The van der Waals surface area contributed by atoms with E-state index in [0.29, 0.717) is 12.8 Å². The van der Waals surface area contributed by atoms with Crippen LogP contribution in [0.25, 0.3) is 11.0 Å². The molecular formula is C24H32N6O4. The van der Waals surface area contributed by atoms with Gasteiger partial charge in [0.2, 0.25) is 0 Å². The van der Waals surface area contributed by atoms with Gasteiger partial charge in [0.15, 0.2) is 11.9 Å². The summed E-state index contributed by atoms with van der Waals surface area (Å²) in [6.07, 6.45) is 5.03. The molecule has 10 heteroatoms. The first-order valence-corrected chi connectivity index (χ1v) is 11.5. The van der Waals surface area contributed by atoms with E-state index in [1.165, 1.54) is 0 Å². The number of pyridine rings is 2. The van der Waals surface area contributed by atoms with Crippen LogP contribution in [0.5, 0.6) is 0 Å². The average molecular weight is 469 g/mol. The molecule has 0 radical (unpaired) electrons. The molecule has 1 saturated heterocycles. The number of nitrogens with one attached hydrogen (secondary N) is 2. The Balaban J connectivity index is 0.00000158. The summed E-state index contributed by atoms with van der Waals surface area (Å²) in [7, 11) is 1.00. The van der Waals surface area contributed by atoms with Gasteiger partial charge in [0.1, 0.15) is 11.4 Å². The van der Waals surface area contributed by atoms with Crippen molar-refractivity contribution in [1.82, 2.24) is 25.1 Å². The highest BCUT2D eigenvalue weighted by atomic mass is 16.5. The lowest BCUT2D eigenvalue weighted by Gasteiger charge is -2.26. The molecule has 34 heavy (non-hydrogen) atoms. The fourth-order valence-electron chi connectivity index (χ4n) is 4.00. The van der Waals surface area contributed by atoms with Gasteiger partial charge in [-0.15, -0.1) is 0 Å². The van der Waals surface area contributed by atoms with Gasteiger partial charge in [0, 0.05) is 50.7 Å². The standard InChI is InChI=1S/C23H28N6O3.CH4O/c1-3-19-17(12-24-23(31)20-7-5-6-16(14-30)26-20)21(27-15-8-10-32-11-9-15)18-13-25-29(4-2)22(18)28-19;1-2/h5-7,13-15H,3-4,8-12H2,1-2H3,(H,24,31)(H,27,28);2H,1H3. The van der Waals surface area contributed by atoms with Crippen molar-refractivity contribution in [2.24, 2.45) is 0 Å². The quantitative estimate of drug-likeness (QED) is 0.429. The van der Waals surface area contributed by atoms with Crippen LogP contribution in [0.15, 0.2) is 24.4 Å². The second-order valence-corrected chi connectivity index (χ2v) is 7.74. The van der Waals surface area contributed by atoms with Crippen LogP contribution in [0.2, 0.25) is 0 Å². The molecule has 0 spiro atoms. The highest BCUT2D eigenvalue weighted by Gasteiger charge is 2.22. The number of fused-ring (bicyclic) bond motifs is 1. The Bertz CT molecular complexity index is 1120. The molecule has 3 aromatic heterocycles. The Labute approximate surface area is 198 Å². The second-order valence-electron chi connectivity index (χ2n) is 7.74. The van der Waals surface area contributed by atoms with Gasteiger partial charge < -0.3 is 20.5 Å². The molecule has 0 aromatic carbocycles. The number of aldehydes is 1. The number of aliphatic hydroxyl groups is 1. The molecule has 0 atom stereocenters.